The molecule has 0 aliphatic rings. The van der Waals surface area contributed by atoms with Crippen LogP contribution in [-0.4, -0.2) is 19.7 Å². The molecule has 0 bridgehead atoms. The molecule has 2 heterocycles. The van der Waals surface area contributed by atoms with E-state index in [1.807, 2.05) is 38.1 Å². The highest BCUT2D eigenvalue weighted by atomic mass is 16.5. The van der Waals surface area contributed by atoms with E-state index in [1.165, 1.54) is 4.57 Å². The standard InChI is InChI=1S/C19H16N4O3/c1-3-23-15-8-7-12(10-14(15)20-17(24)19(23)25)16-21-18(26-22-16)13-6-4-5-11(2)9-13/h4-10H,3H2,1-2H3,(H,20,24). The number of aromatic nitrogens is 4. The van der Waals surface area contributed by atoms with E-state index in [0.717, 1.165) is 11.1 Å². The van der Waals surface area contributed by atoms with Crippen LogP contribution in [0.1, 0.15) is 12.5 Å². The van der Waals surface area contributed by atoms with Gasteiger partial charge in [-0.15, -0.1) is 0 Å². The Labute approximate surface area is 147 Å². The van der Waals surface area contributed by atoms with E-state index in [-0.39, 0.29) is 0 Å². The molecule has 0 radical (unpaired) electrons. The third kappa shape index (κ3) is 2.63. The van der Waals surface area contributed by atoms with Gasteiger partial charge >= 0.3 is 11.1 Å². The Bertz CT molecular complexity index is 1230. The van der Waals surface area contributed by atoms with Crippen LogP contribution in [0.4, 0.5) is 0 Å². The molecule has 1 N–H and O–H groups in total. The zero-order chi connectivity index (χ0) is 18.3. The molecule has 0 amide bonds. The second-order valence-corrected chi connectivity index (χ2v) is 6.03. The van der Waals surface area contributed by atoms with Crippen molar-refractivity contribution in [1.82, 2.24) is 19.7 Å². The van der Waals surface area contributed by atoms with E-state index >= 15 is 0 Å². The highest BCUT2D eigenvalue weighted by molar-refractivity contribution is 5.80. The van der Waals surface area contributed by atoms with Crippen LogP contribution in [0.25, 0.3) is 33.9 Å². The lowest BCUT2D eigenvalue weighted by Crippen LogP contribution is -2.35. The summed E-state index contributed by atoms with van der Waals surface area (Å²) < 4.78 is 6.81. The zero-order valence-electron chi connectivity index (χ0n) is 14.3. The minimum atomic E-state index is -0.648. The lowest BCUT2D eigenvalue weighted by molar-refractivity contribution is 0.432. The predicted molar refractivity (Wildman–Crippen MR) is 98.0 cm³/mol. The minimum absolute atomic E-state index is 0.415. The summed E-state index contributed by atoms with van der Waals surface area (Å²) >= 11 is 0. The van der Waals surface area contributed by atoms with Crippen molar-refractivity contribution in [3.05, 3.63) is 68.7 Å². The zero-order valence-corrected chi connectivity index (χ0v) is 14.3. The average molecular weight is 348 g/mol. The summed E-state index contributed by atoms with van der Waals surface area (Å²) in [4.78, 5) is 30.8. The van der Waals surface area contributed by atoms with Crippen molar-refractivity contribution in [3.63, 3.8) is 0 Å². The van der Waals surface area contributed by atoms with Crippen LogP contribution >= 0.6 is 0 Å². The van der Waals surface area contributed by atoms with Crippen LogP contribution in [0.2, 0.25) is 0 Å². The summed E-state index contributed by atoms with van der Waals surface area (Å²) in [6, 6.07) is 13.1. The maximum Gasteiger partial charge on any atom is 0.316 e. The van der Waals surface area contributed by atoms with E-state index in [9.17, 15) is 9.59 Å². The molecule has 7 heteroatoms. The van der Waals surface area contributed by atoms with Crippen LogP contribution < -0.4 is 11.1 Å². The molecule has 0 aliphatic heterocycles. The largest absolute Gasteiger partial charge is 0.334 e. The van der Waals surface area contributed by atoms with Gasteiger partial charge in [0.15, 0.2) is 0 Å². The molecule has 0 saturated heterocycles. The Kier molecular flexibility index (Phi) is 3.76. The number of aryl methyl sites for hydroxylation is 2. The van der Waals surface area contributed by atoms with Crippen molar-refractivity contribution < 1.29 is 4.52 Å². The monoisotopic (exact) mass is 348 g/mol. The quantitative estimate of drug-likeness (QED) is 0.575. The first-order valence-corrected chi connectivity index (χ1v) is 8.25. The fourth-order valence-corrected chi connectivity index (χ4v) is 2.97. The van der Waals surface area contributed by atoms with E-state index in [0.29, 0.717) is 34.9 Å². The van der Waals surface area contributed by atoms with Gasteiger partial charge in [0.25, 0.3) is 5.89 Å². The molecule has 0 atom stereocenters. The normalized spacial score (nSPS) is 11.2. The Morgan fingerprint density at radius 1 is 1.12 bits per heavy atom. The van der Waals surface area contributed by atoms with Crippen molar-refractivity contribution in [2.24, 2.45) is 0 Å². The lowest BCUT2D eigenvalue weighted by Gasteiger charge is -2.07. The minimum Gasteiger partial charge on any atom is -0.334 e. The number of hydrogen-bond donors (Lipinski definition) is 1. The summed E-state index contributed by atoms with van der Waals surface area (Å²) in [7, 11) is 0. The molecule has 4 aromatic rings. The van der Waals surface area contributed by atoms with Gasteiger partial charge in [-0.3, -0.25) is 9.59 Å². The van der Waals surface area contributed by atoms with Crippen LogP contribution in [-0.2, 0) is 6.54 Å². The highest BCUT2D eigenvalue weighted by Gasteiger charge is 2.13. The van der Waals surface area contributed by atoms with Gasteiger partial charge in [0.1, 0.15) is 0 Å². The second-order valence-electron chi connectivity index (χ2n) is 6.03. The number of benzene rings is 2. The maximum atomic E-state index is 11.9. The van der Waals surface area contributed by atoms with Crippen LogP contribution in [0.15, 0.2) is 56.6 Å². The lowest BCUT2D eigenvalue weighted by atomic mass is 10.1. The van der Waals surface area contributed by atoms with E-state index in [2.05, 4.69) is 15.1 Å². The van der Waals surface area contributed by atoms with Crippen molar-refractivity contribution in [2.75, 3.05) is 0 Å². The van der Waals surface area contributed by atoms with E-state index < -0.39 is 11.1 Å². The highest BCUT2D eigenvalue weighted by Crippen LogP contribution is 2.24. The molecule has 4 rings (SSSR count). The molecule has 26 heavy (non-hydrogen) atoms. The van der Waals surface area contributed by atoms with E-state index in [1.54, 1.807) is 18.2 Å². The Hall–Kier alpha value is -3.48. The smallest absolute Gasteiger partial charge is 0.316 e. The summed E-state index contributed by atoms with van der Waals surface area (Å²) in [6.07, 6.45) is 0. The summed E-state index contributed by atoms with van der Waals surface area (Å²) in [5.74, 6) is 0.842. The van der Waals surface area contributed by atoms with Gasteiger partial charge in [0.2, 0.25) is 5.82 Å². The van der Waals surface area contributed by atoms with Gasteiger partial charge in [0.05, 0.1) is 11.0 Å². The predicted octanol–water partition coefficient (Wildman–Crippen LogP) is 2.74. The Balaban J connectivity index is 1.82. The summed E-state index contributed by atoms with van der Waals surface area (Å²) in [5.41, 5.74) is 2.64. The molecule has 7 nitrogen and oxygen atoms in total. The third-order valence-electron chi connectivity index (χ3n) is 4.24. The first kappa shape index (κ1) is 16.0. The molecule has 0 spiro atoms. The number of aromatic amines is 1. The van der Waals surface area contributed by atoms with Crippen molar-refractivity contribution in [2.45, 2.75) is 20.4 Å². The maximum absolute atomic E-state index is 11.9. The van der Waals surface area contributed by atoms with Gasteiger partial charge < -0.3 is 14.1 Å². The molecule has 0 unspecified atom stereocenters. The van der Waals surface area contributed by atoms with Gasteiger partial charge in [-0.25, -0.2) is 0 Å². The number of nitrogens with one attached hydrogen (secondary N) is 1. The fourth-order valence-electron chi connectivity index (χ4n) is 2.97. The molecule has 0 fully saturated rings. The first-order valence-electron chi connectivity index (χ1n) is 8.25. The van der Waals surface area contributed by atoms with E-state index in [4.69, 9.17) is 4.52 Å². The molecule has 2 aromatic carbocycles. The first-order chi connectivity index (χ1) is 12.6. The summed E-state index contributed by atoms with van der Waals surface area (Å²) in [5, 5.41) is 4.04. The third-order valence-corrected chi connectivity index (χ3v) is 4.24. The van der Waals surface area contributed by atoms with Crippen molar-refractivity contribution >= 4 is 11.0 Å². The SMILES string of the molecule is CCn1c(=O)c(=O)[nH]c2cc(-c3noc(-c4cccc(C)c4)n3)ccc21. The number of rotatable bonds is 3. The van der Waals surface area contributed by atoms with Crippen LogP contribution in [0, 0.1) is 6.92 Å². The van der Waals surface area contributed by atoms with Crippen molar-refractivity contribution in [1.29, 1.82) is 0 Å². The Morgan fingerprint density at radius 3 is 2.73 bits per heavy atom. The average Bonchev–Trinajstić information content (AvgIpc) is 3.13. The molecular weight excluding hydrogens is 332 g/mol. The van der Waals surface area contributed by atoms with Gasteiger partial charge in [0, 0.05) is 17.7 Å². The fraction of sp³-hybridized carbons (Fsp3) is 0.158. The summed E-state index contributed by atoms with van der Waals surface area (Å²) in [6.45, 7) is 4.23. The number of fused-ring (bicyclic) bond motifs is 1. The van der Waals surface area contributed by atoms with Gasteiger partial charge in [-0.2, -0.15) is 4.98 Å². The second kappa shape index (κ2) is 6.11. The van der Waals surface area contributed by atoms with Crippen molar-refractivity contribution in [3.8, 4) is 22.8 Å². The Morgan fingerprint density at radius 2 is 1.96 bits per heavy atom. The molecule has 130 valence electrons. The molecular formula is C19H16N4O3. The van der Waals surface area contributed by atoms with Gasteiger partial charge in [-0.05, 0) is 44.2 Å². The van der Waals surface area contributed by atoms with Crippen LogP contribution in [0.3, 0.4) is 0 Å². The van der Waals surface area contributed by atoms with Gasteiger partial charge in [-0.1, -0.05) is 22.9 Å². The molecule has 2 aromatic heterocycles. The number of H-pyrrole nitrogens is 1. The topological polar surface area (TPSA) is 93.8 Å². The number of hydrogen-bond acceptors (Lipinski definition) is 5. The number of nitrogens with zero attached hydrogens (tertiary/aromatic N) is 3. The molecule has 0 aliphatic carbocycles. The van der Waals surface area contributed by atoms with Crippen LogP contribution in [0.5, 0.6) is 0 Å². The molecule has 0 saturated carbocycles.